The van der Waals surface area contributed by atoms with Gasteiger partial charge in [-0.05, 0) is 12.3 Å². The molecule has 0 bridgehead atoms. The number of aromatic amines is 1. The summed E-state index contributed by atoms with van der Waals surface area (Å²) in [6.07, 6.45) is 0.806. The minimum Gasteiger partial charge on any atom is -0.309 e. The molecule has 1 aromatic rings. The highest BCUT2D eigenvalue weighted by Gasteiger charge is 2.29. The molecule has 7 heteroatoms. The molecule has 0 aromatic carbocycles. The van der Waals surface area contributed by atoms with E-state index in [0.717, 1.165) is 5.69 Å². The third-order valence-electron chi connectivity index (χ3n) is 3.45. The van der Waals surface area contributed by atoms with Crippen molar-refractivity contribution in [2.24, 2.45) is 5.92 Å². The van der Waals surface area contributed by atoms with E-state index in [9.17, 15) is 13.2 Å². The molecule has 1 unspecified atom stereocenters. The quantitative estimate of drug-likeness (QED) is 0.884. The Bertz CT molecular complexity index is 599. The number of H-pyrrole nitrogens is 1. The van der Waals surface area contributed by atoms with Crippen molar-refractivity contribution in [1.29, 1.82) is 0 Å². The topological polar surface area (TPSA) is 91.9 Å². The van der Waals surface area contributed by atoms with Gasteiger partial charge in [0.15, 0.2) is 15.7 Å². The molecular weight excluding hydrogens is 278 g/mol. The second kappa shape index (κ2) is 5.20. The van der Waals surface area contributed by atoms with Crippen molar-refractivity contribution < 1.29 is 13.2 Å². The third kappa shape index (κ3) is 3.82. The second-order valence-corrected chi connectivity index (χ2v) is 8.67. The van der Waals surface area contributed by atoms with Gasteiger partial charge in [0.1, 0.15) is 0 Å². The van der Waals surface area contributed by atoms with E-state index in [1.807, 2.05) is 6.07 Å². The number of anilines is 1. The first kappa shape index (κ1) is 15.0. The number of nitrogens with one attached hydrogen (secondary N) is 2. The average molecular weight is 299 g/mol. The van der Waals surface area contributed by atoms with Gasteiger partial charge in [-0.25, -0.2) is 8.42 Å². The van der Waals surface area contributed by atoms with Gasteiger partial charge < -0.3 is 5.32 Å². The molecule has 1 saturated heterocycles. The molecule has 0 aliphatic carbocycles. The lowest BCUT2D eigenvalue weighted by Crippen LogP contribution is -2.17. The van der Waals surface area contributed by atoms with Crippen molar-refractivity contribution in [3.05, 3.63) is 11.8 Å². The summed E-state index contributed by atoms with van der Waals surface area (Å²) in [5.74, 6) is 0.552. The lowest BCUT2D eigenvalue weighted by atomic mass is 9.92. The summed E-state index contributed by atoms with van der Waals surface area (Å²) in [6.45, 7) is 6.15. The normalized spacial score (nSPS) is 21.9. The summed E-state index contributed by atoms with van der Waals surface area (Å²) >= 11 is 0. The van der Waals surface area contributed by atoms with Crippen LogP contribution in [0.5, 0.6) is 0 Å². The summed E-state index contributed by atoms with van der Waals surface area (Å²) < 4.78 is 22.7. The molecular formula is C13H21N3O3S. The molecule has 0 radical (unpaired) electrons. The molecule has 1 amide bonds. The van der Waals surface area contributed by atoms with Crippen LogP contribution in [0.3, 0.4) is 0 Å². The van der Waals surface area contributed by atoms with Crippen LogP contribution in [0.1, 0.15) is 39.3 Å². The van der Waals surface area contributed by atoms with Gasteiger partial charge in [0.05, 0.1) is 11.5 Å². The largest absolute Gasteiger partial charge is 0.309 e. The monoisotopic (exact) mass is 299 g/mol. The fourth-order valence-electron chi connectivity index (χ4n) is 2.26. The minimum atomic E-state index is -2.93. The number of carbonyl (C=O) groups excluding carboxylic acids is 1. The van der Waals surface area contributed by atoms with Gasteiger partial charge in [-0.15, -0.1) is 0 Å². The van der Waals surface area contributed by atoms with Crippen LogP contribution in [0.2, 0.25) is 0 Å². The van der Waals surface area contributed by atoms with Gasteiger partial charge in [-0.1, -0.05) is 20.8 Å². The Balaban J connectivity index is 1.91. The molecule has 2 heterocycles. The molecule has 1 aliphatic heterocycles. The van der Waals surface area contributed by atoms with Gasteiger partial charge in [0, 0.05) is 23.6 Å². The van der Waals surface area contributed by atoms with Gasteiger partial charge in [-0.3, -0.25) is 9.89 Å². The van der Waals surface area contributed by atoms with Crippen LogP contribution in [0.15, 0.2) is 6.07 Å². The maximum atomic E-state index is 11.9. The Morgan fingerprint density at radius 1 is 1.50 bits per heavy atom. The molecule has 1 aliphatic rings. The highest BCUT2D eigenvalue weighted by atomic mass is 32.2. The van der Waals surface area contributed by atoms with Crippen LogP contribution >= 0.6 is 0 Å². The van der Waals surface area contributed by atoms with Crippen molar-refractivity contribution in [1.82, 2.24) is 10.2 Å². The van der Waals surface area contributed by atoms with Crippen LogP contribution in [0.25, 0.3) is 0 Å². The van der Waals surface area contributed by atoms with E-state index in [4.69, 9.17) is 0 Å². The summed E-state index contributed by atoms with van der Waals surface area (Å²) in [6, 6.07) is 1.81. The van der Waals surface area contributed by atoms with Crippen molar-refractivity contribution in [3.63, 3.8) is 0 Å². The number of aromatic nitrogens is 2. The van der Waals surface area contributed by atoms with Crippen LogP contribution < -0.4 is 5.32 Å². The van der Waals surface area contributed by atoms with E-state index in [1.165, 1.54) is 0 Å². The molecule has 0 spiro atoms. The Hall–Kier alpha value is -1.37. The maximum absolute atomic E-state index is 11.9. The summed E-state index contributed by atoms with van der Waals surface area (Å²) in [7, 11) is -2.93. The van der Waals surface area contributed by atoms with Crippen LogP contribution in [-0.2, 0) is 20.0 Å². The first-order valence-electron chi connectivity index (χ1n) is 6.72. The van der Waals surface area contributed by atoms with Crippen LogP contribution in [0, 0.1) is 5.92 Å². The van der Waals surface area contributed by atoms with Gasteiger partial charge in [-0.2, -0.15) is 5.10 Å². The third-order valence-corrected chi connectivity index (χ3v) is 5.29. The van der Waals surface area contributed by atoms with Crippen molar-refractivity contribution in [2.45, 2.75) is 39.0 Å². The average Bonchev–Trinajstić information content (AvgIpc) is 2.84. The number of hydrogen-bond acceptors (Lipinski definition) is 4. The number of rotatable bonds is 3. The van der Waals surface area contributed by atoms with Gasteiger partial charge in [0.25, 0.3) is 0 Å². The molecule has 2 N–H and O–H groups in total. The Labute approximate surface area is 119 Å². The first-order valence-corrected chi connectivity index (χ1v) is 8.54. The molecule has 20 heavy (non-hydrogen) atoms. The standard InChI is InChI=1S/C13H21N3O3S/c1-13(2,3)10-7-11(16-15-10)14-12(17)6-9-4-5-20(18,19)8-9/h7,9H,4-6,8H2,1-3H3,(H2,14,15,16,17). The van der Waals surface area contributed by atoms with Gasteiger partial charge in [0.2, 0.25) is 5.91 Å². The summed E-state index contributed by atoms with van der Waals surface area (Å²) in [4.78, 5) is 11.9. The zero-order valence-electron chi connectivity index (χ0n) is 12.1. The summed E-state index contributed by atoms with van der Waals surface area (Å²) in [5.41, 5.74) is 0.881. The number of carbonyl (C=O) groups is 1. The zero-order chi connectivity index (χ0) is 15.0. The Morgan fingerprint density at radius 3 is 2.70 bits per heavy atom. The van der Waals surface area contributed by atoms with E-state index in [1.54, 1.807) is 0 Å². The highest BCUT2D eigenvalue weighted by Crippen LogP contribution is 2.24. The van der Waals surface area contributed by atoms with E-state index in [2.05, 4.69) is 36.3 Å². The molecule has 1 atom stereocenters. The highest BCUT2D eigenvalue weighted by molar-refractivity contribution is 7.91. The number of hydrogen-bond donors (Lipinski definition) is 2. The number of amides is 1. The molecule has 1 aromatic heterocycles. The van der Waals surface area contributed by atoms with E-state index in [-0.39, 0.29) is 35.2 Å². The SMILES string of the molecule is CC(C)(C)c1cc(NC(=O)CC2CCS(=O)(=O)C2)n[nH]1. The lowest BCUT2D eigenvalue weighted by molar-refractivity contribution is -0.116. The fourth-order valence-corrected chi connectivity index (χ4v) is 4.12. The second-order valence-electron chi connectivity index (χ2n) is 6.44. The Kier molecular flexibility index (Phi) is 3.90. The van der Waals surface area contributed by atoms with Gasteiger partial charge >= 0.3 is 0 Å². The van der Waals surface area contributed by atoms with Crippen molar-refractivity contribution in [2.75, 3.05) is 16.8 Å². The van der Waals surface area contributed by atoms with Crippen LogP contribution in [0.4, 0.5) is 5.82 Å². The fraction of sp³-hybridized carbons (Fsp3) is 0.692. The number of nitrogens with zero attached hydrogens (tertiary/aromatic N) is 1. The van der Waals surface area contributed by atoms with E-state index >= 15 is 0 Å². The first-order chi connectivity index (χ1) is 9.16. The molecule has 112 valence electrons. The summed E-state index contributed by atoms with van der Waals surface area (Å²) in [5, 5.41) is 9.66. The minimum absolute atomic E-state index is 0.0600. The number of sulfone groups is 1. The predicted molar refractivity (Wildman–Crippen MR) is 77.3 cm³/mol. The molecule has 6 nitrogen and oxygen atoms in total. The lowest BCUT2D eigenvalue weighted by Gasteiger charge is -2.14. The van der Waals surface area contributed by atoms with E-state index < -0.39 is 9.84 Å². The molecule has 0 saturated carbocycles. The predicted octanol–water partition coefficient (Wildman–Crippen LogP) is 1.47. The molecule has 1 fully saturated rings. The maximum Gasteiger partial charge on any atom is 0.225 e. The van der Waals surface area contributed by atoms with Crippen LogP contribution in [-0.4, -0.2) is 36.0 Å². The van der Waals surface area contributed by atoms with E-state index in [0.29, 0.717) is 12.2 Å². The van der Waals surface area contributed by atoms with Crippen molar-refractivity contribution >= 4 is 21.6 Å². The smallest absolute Gasteiger partial charge is 0.225 e. The zero-order valence-corrected chi connectivity index (χ0v) is 12.9. The Morgan fingerprint density at radius 2 is 2.20 bits per heavy atom. The van der Waals surface area contributed by atoms with Crippen molar-refractivity contribution in [3.8, 4) is 0 Å². The molecule has 2 rings (SSSR count).